The van der Waals surface area contributed by atoms with Crippen molar-refractivity contribution in [3.8, 4) is 0 Å². The number of hydrogen-bond acceptors (Lipinski definition) is 2. The van der Waals surface area contributed by atoms with Crippen molar-refractivity contribution in [2.24, 2.45) is 0 Å². The molecule has 0 fully saturated rings. The third-order valence-corrected chi connectivity index (χ3v) is 3.26. The van der Waals surface area contributed by atoms with Crippen molar-refractivity contribution in [3.63, 3.8) is 0 Å². The Balaban J connectivity index is 2.17. The van der Waals surface area contributed by atoms with E-state index in [0.29, 0.717) is 22.7 Å². The van der Waals surface area contributed by atoms with Crippen molar-refractivity contribution >= 4 is 29.1 Å². The van der Waals surface area contributed by atoms with Gasteiger partial charge >= 0.3 is 0 Å². The first-order chi connectivity index (χ1) is 10.1. The summed E-state index contributed by atoms with van der Waals surface area (Å²) in [5.41, 5.74) is 2.46. The quantitative estimate of drug-likeness (QED) is 0.853. The number of halogens is 1. The molecule has 4 nitrogen and oxygen atoms in total. The Kier molecular flexibility index (Phi) is 4.95. The Morgan fingerprint density at radius 3 is 2.33 bits per heavy atom. The lowest BCUT2D eigenvalue weighted by Gasteiger charge is -2.08. The lowest BCUT2D eigenvalue weighted by atomic mass is 10.1. The predicted molar refractivity (Wildman–Crippen MR) is 83.8 cm³/mol. The van der Waals surface area contributed by atoms with Crippen LogP contribution in [0.25, 0.3) is 0 Å². The van der Waals surface area contributed by atoms with Crippen molar-refractivity contribution in [2.75, 3.05) is 12.4 Å². The van der Waals surface area contributed by atoms with Crippen molar-refractivity contribution in [2.45, 2.75) is 5.88 Å². The fourth-order valence-electron chi connectivity index (χ4n) is 1.88. The molecule has 2 N–H and O–H groups in total. The van der Waals surface area contributed by atoms with Crippen molar-refractivity contribution in [3.05, 3.63) is 65.2 Å². The topological polar surface area (TPSA) is 58.2 Å². The van der Waals surface area contributed by atoms with Crippen LogP contribution in [-0.2, 0) is 5.88 Å². The smallest absolute Gasteiger partial charge is 0.255 e. The Hall–Kier alpha value is -2.33. The second-order valence-corrected chi connectivity index (χ2v) is 4.72. The van der Waals surface area contributed by atoms with E-state index in [-0.39, 0.29) is 11.8 Å². The van der Waals surface area contributed by atoms with Gasteiger partial charge in [-0.25, -0.2) is 0 Å². The fourth-order valence-corrected chi connectivity index (χ4v) is 2.05. The van der Waals surface area contributed by atoms with Crippen molar-refractivity contribution in [1.82, 2.24) is 5.32 Å². The van der Waals surface area contributed by atoms with E-state index < -0.39 is 0 Å². The van der Waals surface area contributed by atoms with Gasteiger partial charge in [-0.15, -0.1) is 11.6 Å². The number of rotatable bonds is 4. The maximum atomic E-state index is 12.2. The zero-order chi connectivity index (χ0) is 15.2. The molecule has 2 aromatic carbocycles. The van der Waals surface area contributed by atoms with Gasteiger partial charge in [0.15, 0.2) is 0 Å². The average Bonchev–Trinajstić information content (AvgIpc) is 2.54. The zero-order valence-corrected chi connectivity index (χ0v) is 12.3. The van der Waals surface area contributed by atoms with Crippen LogP contribution in [-0.4, -0.2) is 18.9 Å². The van der Waals surface area contributed by atoms with Crippen LogP contribution in [0.5, 0.6) is 0 Å². The summed E-state index contributed by atoms with van der Waals surface area (Å²) in [5.74, 6) is -0.0842. The highest BCUT2D eigenvalue weighted by Crippen LogP contribution is 2.14. The summed E-state index contributed by atoms with van der Waals surface area (Å²) in [6.07, 6.45) is 0. The number of benzene rings is 2. The summed E-state index contributed by atoms with van der Waals surface area (Å²) in [6.45, 7) is 0. The maximum absolute atomic E-state index is 12.2. The van der Waals surface area contributed by atoms with Crippen LogP contribution in [0, 0.1) is 0 Å². The number of anilines is 1. The van der Waals surface area contributed by atoms with Crippen LogP contribution < -0.4 is 10.6 Å². The molecule has 0 spiro atoms. The first-order valence-electron chi connectivity index (χ1n) is 6.42. The first kappa shape index (κ1) is 15.1. The van der Waals surface area contributed by atoms with Gasteiger partial charge in [-0.2, -0.15) is 0 Å². The molecule has 0 aliphatic rings. The van der Waals surface area contributed by atoms with Gasteiger partial charge in [0.1, 0.15) is 0 Å². The lowest BCUT2D eigenvalue weighted by Crippen LogP contribution is -2.18. The molecule has 21 heavy (non-hydrogen) atoms. The normalized spacial score (nSPS) is 10.0. The molecule has 0 atom stereocenters. The van der Waals surface area contributed by atoms with Crippen LogP contribution in [0.3, 0.4) is 0 Å². The molecule has 0 bridgehead atoms. The van der Waals surface area contributed by atoms with Crippen molar-refractivity contribution < 1.29 is 9.59 Å². The van der Waals surface area contributed by atoms with Gasteiger partial charge in [0.25, 0.3) is 11.8 Å². The predicted octanol–water partition coefficient (Wildman–Crippen LogP) is 3.04. The second-order valence-electron chi connectivity index (χ2n) is 4.45. The number of carbonyl (C=O) groups excluding carboxylic acids is 2. The monoisotopic (exact) mass is 302 g/mol. The number of amides is 2. The number of hydrogen-bond donors (Lipinski definition) is 2. The van der Waals surface area contributed by atoms with Gasteiger partial charge in [-0.3, -0.25) is 9.59 Å². The number of alkyl halides is 1. The molecule has 0 radical (unpaired) electrons. The summed E-state index contributed by atoms with van der Waals surface area (Å²) < 4.78 is 0. The number of nitrogens with one attached hydrogen (secondary N) is 2. The van der Waals surface area contributed by atoms with E-state index in [4.69, 9.17) is 11.6 Å². The molecule has 0 heterocycles. The van der Waals surface area contributed by atoms with E-state index in [1.807, 2.05) is 6.07 Å². The van der Waals surface area contributed by atoms with E-state index in [9.17, 15) is 9.59 Å². The Morgan fingerprint density at radius 1 is 1.00 bits per heavy atom. The van der Waals surface area contributed by atoms with E-state index >= 15 is 0 Å². The van der Waals surface area contributed by atoms with E-state index in [1.165, 1.54) is 0 Å². The first-order valence-corrected chi connectivity index (χ1v) is 6.96. The molecule has 0 saturated carbocycles. The molecule has 5 heteroatoms. The van der Waals surface area contributed by atoms with Gasteiger partial charge in [0.2, 0.25) is 0 Å². The van der Waals surface area contributed by atoms with Gasteiger partial charge in [0.05, 0.1) is 0 Å². The lowest BCUT2D eigenvalue weighted by molar-refractivity contribution is 0.0961. The van der Waals surface area contributed by atoms with Crippen LogP contribution in [0.15, 0.2) is 48.5 Å². The molecule has 2 rings (SSSR count). The number of carbonyl (C=O) groups is 2. The van der Waals surface area contributed by atoms with Gasteiger partial charge in [-0.05, 0) is 35.9 Å². The standard InChI is InChI=1S/C16H15ClN2O2/c1-18-15(20)13-6-3-7-14(9-13)19-16(21)12-5-2-4-11(8-12)10-17/h2-9H,10H2,1H3,(H,18,20)(H,19,21). The molecule has 108 valence electrons. The van der Waals surface area contributed by atoms with Crippen LogP contribution in [0.2, 0.25) is 0 Å². The Labute approximate surface area is 128 Å². The van der Waals surface area contributed by atoms with E-state index in [1.54, 1.807) is 49.5 Å². The SMILES string of the molecule is CNC(=O)c1cccc(NC(=O)c2cccc(CCl)c2)c1. The molecule has 2 amide bonds. The summed E-state index contributed by atoms with van der Waals surface area (Å²) in [6, 6.07) is 13.9. The minimum atomic E-state index is -0.240. The molecule has 0 aliphatic carbocycles. The summed E-state index contributed by atoms with van der Waals surface area (Å²) >= 11 is 5.76. The van der Waals surface area contributed by atoms with Gasteiger partial charge in [0, 0.05) is 29.7 Å². The average molecular weight is 303 g/mol. The highest BCUT2D eigenvalue weighted by molar-refractivity contribution is 6.17. The van der Waals surface area contributed by atoms with Crippen molar-refractivity contribution in [1.29, 1.82) is 0 Å². The second kappa shape index (κ2) is 6.90. The Bertz CT molecular complexity index is 671. The minimum absolute atomic E-state index is 0.199. The largest absolute Gasteiger partial charge is 0.355 e. The fraction of sp³-hybridized carbons (Fsp3) is 0.125. The third-order valence-electron chi connectivity index (χ3n) is 2.95. The van der Waals surface area contributed by atoms with Crippen LogP contribution >= 0.6 is 11.6 Å². The van der Waals surface area contributed by atoms with Crippen LogP contribution in [0.1, 0.15) is 26.3 Å². The summed E-state index contributed by atoms with van der Waals surface area (Å²) in [5, 5.41) is 5.31. The summed E-state index contributed by atoms with van der Waals surface area (Å²) in [4.78, 5) is 23.7. The molecular weight excluding hydrogens is 288 g/mol. The highest BCUT2D eigenvalue weighted by Gasteiger charge is 2.08. The molecular formula is C16H15ClN2O2. The molecule has 0 aromatic heterocycles. The maximum Gasteiger partial charge on any atom is 0.255 e. The minimum Gasteiger partial charge on any atom is -0.355 e. The highest BCUT2D eigenvalue weighted by atomic mass is 35.5. The summed E-state index contributed by atoms with van der Waals surface area (Å²) in [7, 11) is 1.56. The van der Waals surface area contributed by atoms with Gasteiger partial charge < -0.3 is 10.6 Å². The van der Waals surface area contributed by atoms with Gasteiger partial charge in [-0.1, -0.05) is 18.2 Å². The third kappa shape index (κ3) is 3.83. The molecule has 0 saturated heterocycles. The zero-order valence-electron chi connectivity index (χ0n) is 11.5. The van der Waals surface area contributed by atoms with Crippen LogP contribution in [0.4, 0.5) is 5.69 Å². The van der Waals surface area contributed by atoms with E-state index in [2.05, 4.69) is 10.6 Å². The Morgan fingerprint density at radius 2 is 1.67 bits per heavy atom. The molecule has 2 aromatic rings. The molecule has 0 unspecified atom stereocenters. The molecule has 0 aliphatic heterocycles. The van der Waals surface area contributed by atoms with E-state index in [0.717, 1.165) is 5.56 Å².